The van der Waals surface area contributed by atoms with Crippen LogP contribution in [0.4, 0.5) is 4.79 Å². The lowest BCUT2D eigenvalue weighted by Gasteiger charge is -2.13. The van der Waals surface area contributed by atoms with Crippen LogP contribution in [0.3, 0.4) is 0 Å². The van der Waals surface area contributed by atoms with Crippen molar-refractivity contribution in [2.24, 2.45) is 0 Å². The highest BCUT2D eigenvalue weighted by atomic mass is 35.5. The number of hydrogen-bond donors (Lipinski definition) is 1. The van der Waals surface area contributed by atoms with Crippen molar-refractivity contribution in [3.8, 4) is 5.82 Å². The van der Waals surface area contributed by atoms with Crippen LogP contribution >= 0.6 is 23.4 Å². The van der Waals surface area contributed by atoms with Gasteiger partial charge in [-0.15, -0.1) is 0 Å². The number of thioether (sulfide) groups is 1. The van der Waals surface area contributed by atoms with E-state index in [1.165, 1.54) is 0 Å². The van der Waals surface area contributed by atoms with Gasteiger partial charge in [-0.25, -0.2) is 4.98 Å². The van der Waals surface area contributed by atoms with Crippen molar-refractivity contribution >= 4 is 46.5 Å². The number of benzene rings is 1. The van der Waals surface area contributed by atoms with E-state index in [-0.39, 0.29) is 30.1 Å². The van der Waals surface area contributed by atoms with E-state index < -0.39 is 0 Å². The molecule has 0 bridgehead atoms. The summed E-state index contributed by atoms with van der Waals surface area (Å²) in [5.41, 5.74) is 2.95. The van der Waals surface area contributed by atoms with E-state index in [1.54, 1.807) is 42.6 Å². The second kappa shape index (κ2) is 9.64. The Morgan fingerprint density at radius 1 is 1.15 bits per heavy atom. The van der Waals surface area contributed by atoms with Gasteiger partial charge in [0.2, 0.25) is 0 Å². The van der Waals surface area contributed by atoms with E-state index in [2.05, 4.69) is 10.3 Å². The summed E-state index contributed by atoms with van der Waals surface area (Å²) in [4.78, 5) is 43.6. The van der Waals surface area contributed by atoms with Crippen LogP contribution in [-0.2, 0) is 4.79 Å². The zero-order chi connectivity index (χ0) is 23.5. The Labute approximate surface area is 200 Å². The molecule has 1 fully saturated rings. The first-order valence-corrected chi connectivity index (χ1v) is 11.4. The van der Waals surface area contributed by atoms with Crippen LogP contribution < -0.4 is 5.32 Å². The lowest BCUT2D eigenvalue weighted by atomic mass is 10.2. The Bertz CT molecular complexity index is 1250. The van der Waals surface area contributed by atoms with Gasteiger partial charge >= 0.3 is 0 Å². The molecular weight excluding hydrogens is 460 g/mol. The molecule has 3 heterocycles. The summed E-state index contributed by atoms with van der Waals surface area (Å²) >= 11 is 6.77. The smallest absolute Gasteiger partial charge is 0.293 e. The second-order valence-corrected chi connectivity index (χ2v) is 8.88. The summed E-state index contributed by atoms with van der Waals surface area (Å²) in [5.74, 6) is 0.0910. The molecule has 0 radical (unpaired) electrons. The maximum Gasteiger partial charge on any atom is 0.293 e. The van der Waals surface area contributed by atoms with Gasteiger partial charge in [-0.1, -0.05) is 29.8 Å². The topological polar surface area (TPSA) is 84.3 Å². The molecule has 168 valence electrons. The van der Waals surface area contributed by atoms with Gasteiger partial charge in [-0.05, 0) is 67.6 Å². The van der Waals surface area contributed by atoms with Crippen molar-refractivity contribution in [3.05, 3.63) is 87.2 Å². The van der Waals surface area contributed by atoms with Crippen LogP contribution in [0.1, 0.15) is 27.3 Å². The van der Waals surface area contributed by atoms with Crippen LogP contribution in [0.2, 0.25) is 5.02 Å². The van der Waals surface area contributed by atoms with Crippen molar-refractivity contribution in [2.75, 3.05) is 13.1 Å². The number of hydrogen-bond acceptors (Lipinski definition) is 5. The third-order valence-electron chi connectivity index (χ3n) is 5.22. The quantitative estimate of drug-likeness (QED) is 0.521. The summed E-state index contributed by atoms with van der Waals surface area (Å²) < 4.78 is 1.91. The Hall–Kier alpha value is -3.36. The van der Waals surface area contributed by atoms with Crippen LogP contribution in [0.15, 0.2) is 59.6 Å². The normalized spacial score (nSPS) is 14.9. The number of amides is 3. The summed E-state index contributed by atoms with van der Waals surface area (Å²) in [7, 11) is 0. The minimum Gasteiger partial charge on any atom is -0.350 e. The molecule has 0 aliphatic carbocycles. The molecule has 4 rings (SSSR count). The molecule has 3 aromatic rings. The average molecular weight is 481 g/mol. The van der Waals surface area contributed by atoms with Gasteiger partial charge in [0.25, 0.3) is 17.1 Å². The second-order valence-electron chi connectivity index (χ2n) is 7.45. The minimum absolute atomic E-state index is 0.0906. The highest BCUT2D eigenvalue weighted by Gasteiger charge is 2.34. The predicted molar refractivity (Wildman–Crippen MR) is 130 cm³/mol. The molecule has 3 amide bonds. The number of rotatable bonds is 6. The summed E-state index contributed by atoms with van der Waals surface area (Å²) in [6.45, 7) is 4.01. The molecule has 0 unspecified atom stereocenters. The van der Waals surface area contributed by atoms with Gasteiger partial charge in [0.15, 0.2) is 0 Å². The molecule has 33 heavy (non-hydrogen) atoms. The fraction of sp³-hybridized carbons (Fsp3) is 0.167. The fourth-order valence-electron chi connectivity index (χ4n) is 3.61. The monoisotopic (exact) mass is 480 g/mol. The number of carbonyl (C=O) groups excluding carboxylic acids is 3. The Balaban J connectivity index is 1.39. The molecule has 1 aliphatic rings. The largest absolute Gasteiger partial charge is 0.350 e. The van der Waals surface area contributed by atoms with Crippen molar-refractivity contribution in [2.45, 2.75) is 13.8 Å². The van der Waals surface area contributed by atoms with Gasteiger partial charge in [0, 0.05) is 35.7 Å². The maximum atomic E-state index is 12.8. The van der Waals surface area contributed by atoms with Crippen LogP contribution in [0, 0.1) is 13.8 Å². The van der Waals surface area contributed by atoms with Crippen LogP contribution in [0.25, 0.3) is 11.9 Å². The standard InChI is InChI=1S/C24H21ClN4O3S/c1-15-13-19(16(2)29(15)21-5-3-4-10-26-21)22(30)27-11-12-28-23(31)20(33-24(28)32)14-17-6-8-18(25)9-7-17/h3-10,13-14H,11-12H2,1-2H3,(H,27,30)/b20-14+. The van der Waals surface area contributed by atoms with E-state index in [1.807, 2.05) is 36.6 Å². The third-order valence-corrected chi connectivity index (χ3v) is 6.38. The first-order chi connectivity index (χ1) is 15.8. The number of halogens is 1. The molecule has 0 atom stereocenters. The Kier molecular flexibility index (Phi) is 6.67. The SMILES string of the molecule is Cc1cc(C(=O)NCCN2C(=O)S/C(=C/c3ccc(Cl)cc3)C2=O)c(C)n1-c1ccccn1. The Morgan fingerprint density at radius 2 is 1.91 bits per heavy atom. The third kappa shape index (κ3) is 4.86. The minimum atomic E-state index is -0.373. The lowest BCUT2D eigenvalue weighted by Crippen LogP contribution is -2.37. The van der Waals surface area contributed by atoms with Gasteiger partial charge in [-0.2, -0.15) is 0 Å². The van der Waals surface area contributed by atoms with Crippen molar-refractivity contribution in [1.82, 2.24) is 19.8 Å². The summed E-state index contributed by atoms with van der Waals surface area (Å²) in [5, 5.41) is 3.04. The first kappa shape index (κ1) is 22.8. The van der Waals surface area contributed by atoms with Crippen LogP contribution in [-0.4, -0.2) is 44.6 Å². The van der Waals surface area contributed by atoms with Gasteiger partial charge in [0.05, 0.1) is 10.5 Å². The first-order valence-electron chi connectivity index (χ1n) is 10.2. The zero-order valence-corrected chi connectivity index (χ0v) is 19.6. The molecule has 2 aromatic heterocycles. The predicted octanol–water partition coefficient (Wildman–Crippen LogP) is 4.61. The number of carbonyl (C=O) groups is 3. The van der Waals surface area contributed by atoms with E-state index in [0.29, 0.717) is 15.5 Å². The maximum absolute atomic E-state index is 12.8. The van der Waals surface area contributed by atoms with Crippen molar-refractivity contribution in [1.29, 1.82) is 0 Å². The molecule has 1 aliphatic heterocycles. The molecule has 0 spiro atoms. The van der Waals surface area contributed by atoms with E-state index in [9.17, 15) is 14.4 Å². The molecule has 7 nitrogen and oxygen atoms in total. The van der Waals surface area contributed by atoms with Crippen molar-refractivity contribution < 1.29 is 14.4 Å². The van der Waals surface area contributed by atoms with Gasteiger partial charge in [0.1, 0.15) is 5.82 Å². The molecule has 1 saturated heterocycles. The molecular formula is C24H21ClN4O3S. The average Bonchev–Trinajstić information content (AvgIpc) is 3.25. The van der Waals surface area contributed by atoms with E-state index >= 15 is 0 Å². The van der Waals surface area contributed by atoms with Gasteiger partial charge < -0.3 is 9.88 Å². The zero-order valence-electron chi connectivity index (χ0n) is 18.0. The number of aromatic nitrogens is 2. The fourth-order valence-corrected chi connectivity index (χ4v) is 4.60. The number of pyridine rings is 1. The number of imide groups is 1. The highest BCUT2D eigenvalue weighted by molar-refractivity contribution is 8.18. The van der Waals surface area contributed by atoms with E-state index in [4.69, 9.17) is 11.6 Å². The van der Waals surface area contributed by atoms with Crippen LogP contribution in [0.5, 0.6) is 0 Å². The summed E-state index contributed by atoms with van der Waals surface area (Å²) in [6, 6.07) is 14.4. The van der Waals surface area contributed by atoms with Crippen molar-refractivity contribution in [3.63, 3.8) is 0 Å². The molecule has 1 N–H and O–H groups in total. The molecule has 0 saturated carbocycles. The molecule has 1 aromatic carbocycles. The summed E-state index contributed by atoms with van der Waals surface area (Å²) in [6.07, 6.45) is 3.36. The Morgan fingerprint density at radius 3 is 2.61 bits per heavy atom. The number of nitrogens with zero attached hydrogens (tertiary/aromatic N) is 3. The number of nitrogens with one attached hydrogen (secondary N) is 1. The van der Waals surface area contributed by atoms with Gasteiger partial charge in [-0.3, -0.25) is 19.3 Å². The highest BCUT2D eigenvalue weighted by Crippen LogP contribution is 2.32. The number of aryl methyl sites for hydroxylation is 1. The van der Waals surface area contributed by atoms with E-state index in [0.717, 1.165) is 39.4 Å². The molecule has 9 heteroatoms. The lowest BCUT2D eigenvalue weighted by molar-refractivity contribution is -0.122.